The Morgan fingerprint density at radius 2 is 2.05 bits per heavy atom. The molecule has 0 saturated carbocycles. The quantitative estimate of drug-likeness (QED) is 0.736. The molecule has 96 valence electrons. The van der Waals surface area contributed by atoms with Crippen LogP contribution in [0.4, 0.5) is 5.69 Å². The highest BCUT2D eigenvalue weighted by Gasteiger charge is 2.08. The fraction of sp³-hybridized carbons (Fsp3) is 0.0714. The van der Waals surface area contributed by atoms with Crippen LogP contribution in [0.2, 0.25) is 5.02 Å². The minimum Gasteiger partial charge on any atom is -0.399 e. The Morgan fingerprint density at radius 3 is 2.84 bits per heavy atom. The zero-order chi connectivity index (χ0) is 13.4. The predicted molar refractivity (Wildman–Crippen MR) is 81.1 cm³/mol. The lowest BCUT2D eigenvalue weighted by Gasteiger charge is -2.05. The Bertz CT molecular complexity index is 807. The average Bonchev–Trinajstić information content (AvgIpc) is 2.66. The van der Waals surface area contributed by atoms with Crippen molar-refractivity contribution in [1.82, 2.24) is 4.57 Å². The van der Waals surface area contributed by atoms with Gasteiger partial charge in [0.25, 0.3) is 0 Å². The van der Waals surface area contributed by atoms with Gasteiger partial charge in [-0.25, -0.2) is 0 Å². The summed E-state index contributed by atoms with van der Waals surface area (Å²) in [4.78, 5) is 12.1. The van der Waals surface area contributed by atoms with Gasteiger partial charge in [-0.1, -0.05) is 35.1 Å². The van der Waals surface area contributed by atoms with E-state index < -0.39 is 0 Å². The standard InChI is InChI=1S/C14H11ClN2OS/c15-10-4-5-13-12(7-10)17(14(18)19-13)8-9-2-1-3-11(16)6-9/h1-7H,8,16H2. The maximum atomic E-state index is 12.0. The molecule has 0 aliphatic rings. The number of nitrogens with two attached hydrogens (primary N) is 1. The van der Waals surface area contributed by atoms with E-state index in [2.05, 4.69) is 0 Å². The molecular formula is C14H11ClN2OS. The molecule has 19 heavy (non-hydrogen) atoms. The summed E-state index contributed by atoms with van der Waals surface area (Å²) in [6, 6.07) is 13.0. The lowest BCUT2D eigenvalue weighted by molar-refractivity contribution is 0.816. The van der Waals surface area contributed by atoms with Crippen molar-refractivity contribution in [1.29, 1.82) is 0 Å². The van der Waals surface area contributed by atoms with E-state index in [0.717, 1.165) is 15.8 Å². The van der Waals surface area contributed by atoms with Gasteiger partial charge in [0.15, 0.2) is 0 Å². The minimum atomic E-state index is 0.0136. The van der Waals surface area contributed by atoms with Crippen molar-refractivity contribution in [2.24, 2.45) is 0 Å². The Labute approximate surface area is 118 Å². The van der Waals surface area contributed by atoms with Gasteiger partial charge in [-0.05, 0) is 35.9 Å². The molecule has 3 aromatic rings. The predicted octanol–water partition coefficient (Wildman–Crippen LogP) is 3.35. The van der Waals surface area contributed by atoms with E-state index in [-0.39, 0.29) is 4.87 Å². The van der Waals surface area contributed by atoms with Crippen LogP contribution in [0.1, 0.15) is 5.56 Å². The number of halogens is 1. The summed E-state index contributed by atoms with van der Waals surface area (Å²) in [6.07, 6.45) is 0. The number of fused-ring (bicyclic) bond motifs is 1. The summed E-state index contributed by atoms with van der Waals surface area (Å²) in [7, 11) is 0. The highest BCUT2D eigenvalue weighted by Crippen LogP contribution is 2.22. The first-order valence-corrected chi connectivity index (χ1v) is 6.96. The fourth-order valence-electron chi connectivity index (χ4n) is 2.06. The van der Waals surface area contributed by atoms with Crippen molar-refractivity contribution in [3.05, 3.63) is 62.7 Å². The number of thiazole rings is 1. The molecule has 3 nitrogen and oxygen atoms in total. The van der Waals surface area contributed by atoms with Crippen LogP contribution in [0.3, 0.4) is 0 Å². The van der Waals surface area contributed by atoms with Crippen LogP contribution >= 0.6 is 22.9 Å². The van der Waals surface area contributed by atoms with Crippen LogP contribution in [-0.4, -0.2) is 4.57 Å². The van der Waals surface area contributed by atoms with Crippen molar-refractivity contribution in [2.45, 2.75) is 6.54 Å². The van der Waals surface area contributed by atoms with Gasteiger partial charge in [0.1, 0.15) is 0 Å². The molecule has 0 spiro atoms. The van der Waals surface area contributed by atoms with Gasteiger partial charge >= 0.3 is 4.87 Å². The highest BCUT2D eigenvalue weighted by atomic mass is 35.5. The van der Waals surface area contributed by atoms with Crippen molar-refractivity contribution >= 4 is 38.8 Å². The maximum absolute atomic E-state index is 12.0. The van der Waals surface area contributed by atoms with Crippen molar-refractivity contribution in [3.8, 4) is 0 Å². The summed E-state index contributed by atoms with van der Waals surface area (Å²) in [6.45, 7) is 0.504. The minimum absolute atomic E-state index is 0.0136. The Morgan fingerprint density at radius 1 is 1.21 bits per heavy atom. The second-order valence-electron chi connectivity index (χ2n) is 4.31. The van der Waals surface area contributed by atoms with Crippen LogP contribution in [0, 0.1) is 0 Å². The Hall–Kier alpha value is -1.78. The summed E-state index contributed by atoms with van der Waals surface area (Å²) in [5.41, 5.74) is 8.32. The van der Waals surface area contributed by atoms with E-state index in [1.54, 1.807) is 10.6 Å². The van der Waals surface area contributed by atoms with E-state index in [1.165, 1.54) is 11.3 Å². The number of hydrogen-bond acceptors (Lipinski definition) is 3. The lowest BCUT2D eigenvalue weighted by Crippen LogP contribution is -2.13. The van der Waals surface area contributed by atoms with Gasteiger partial charge in [0, 0.05) is 10.7 Å². The van der Waals surface area contributed by atoms with Gasteiger partial charge in [-0.15, -0.1) is 0 Å². The summed E-state index contributed by atoms with van der Waals surface area (Å²) >= 11 is 7.23. The molecule has 0 amide bonds. The van der Waals surface area contributed by atoms with E-state index in [9.17, 15) is 4.79 Å². The van der Waals surface area contributed by atoms with E-state index in [0.29, 0.717) is 17.3 Å². The van der Waals surface area contributed by atoms with Crippen LogP contribution in [0.15, 0.2) is 47.3 Å². The molecule has 2 aromatic carbocycles. The van der Waals surface area contributed by atoms with Crippen LogP contribution in [0.25, 0.3) is 10.2 Å². The van der Waals surface area contributed by atoms with Crippen LogP contribution in [0.5, 0.6) is 0 Å². The lowest BCUT2D eigenvalue weighted by atomic mass is 10.2. The highest BCUT2D eigenvalue weighted by molar-refractivity contribution is 7.16. The molecule has 2 N–H and O–H groups in total. The first kappa shape index (κ1) is 12.3. The number of nitrogens with zero attached hydrogens (tertiary/aromatic N) is 1. The molecule has 0 unspecified atom stereocenters. The third kappa shape index (κ3) is 2.37. The third-order valence-electron chi connectivity index (χ3n) is 2.92. The van der Waals surface area contributed by atoms with Gasteiger partial charge in [0.2, 0.25) is 0 Å². The molecule has 0 fully saturated rings. The summed E-state index contributed by atoms with van der Waals surface area (Å²) < 4.78 is 2.67. The molecule has 0 radical (unpaired) electrons. The molecule has 0 atom stereocenters. The summed E-state index contributed by atoms with van der Waals surface area (Å²) in [5, 5.41) is 0.631. The summed E-state index contributed by atoms with van der Waals surface area (Å²) in [5.74, 6) is 0. The van der Waals surface area contributed by atoms with Crippen LogP contribution in [-0.2, 0) is 6.54 Å². The van der Waals surface area contributed by atoms with E-state index >= 15 is 0 Å². The van der Waals surface area contributed by atoms with Crippen molar-refractivity contribution in [3.63, 3.8) is 0 Å². The van der Waals surface area contributed by atoms with Gasteiger partial charge in [-0.3, -0.25) is 9.36 Å². The van der Waals surface area contributed by atoms with Gasteiger partial charge < -0.3 is 5.73 Å². The number of hydrogen-bond donors (Lipinski definition) is 1. The number of nitrogen functional groups attached to an aromatic ring is 1. The zero-order valence-electron chi connectivity index (χ0n) is 9.97. The maximum Gasteiger partial charge on any atom is 0.308 e. The normalized spacial score (nSPS) is 11.0. The molecule has 0 aliphatic carbocycles. The molecule has 3 rings (SSSR count). The third-order valence-corrected chi connectivity index (χ3v) is 4.12. The van der Waals surface area contributed by atoms with Gasteiger partial charge in [-0.2, -0.15) is 0 Å². The first-order chi connectivity index (χ1) is 9.13. The Kier molecular flexibility index (Phi) is 3.05. The zero-order valence-corrected chi connectivity index (χ0v) is 11.5. The number of anilines is 1. The van der Waals surface area contributed by atoms with Crippen LogP contribution < -0.4 is 10.6 Å². The topological polar surface area (TPSA) is 48.0 Å². The first-order valence-electron chi connectivity index (χ1n) is 5.77. The second-order valence-corrected chi connectivity index (χ2v) is 5.74. The molecule has 0 saturated heterocycles. The Balaban J connectivity index is 2.12. The fourth-order valence-corrected chi connectivity index (χ4v) is 3.10. The van der Waals surface area contributed by atoms with Gasteiger partial charge in [0.05, 0.1) is 16.8 Å². The number of benzene rings is 2. The second kappa shape index (κ2) is 4.72. The van der Waals surface area contributed by atoms with E-state index in [4.69, 9.17) is 17.3 Å². The smallest absolute Gasteiger partial charge is 0.308 e. The molecule has 5 heteroatoms. The monoisotopic (exact) mass is 290 g/mol. The SMILES string of the molecule is Nc1cccc(Cn2c(=O)sc3ccc(Cl)cc32)c1. The molecule has 0 bridgehead atoms. The molecule has 0 aliphatic heterocycles. The number of rotatable bonds is 2. The van der Waals surface area contributed by atoms with Crippen molar-refractivity contribution < 1.29 is 0 Å². The van der Waals surface area contributed by atoms with E-state index in [1.807, 2.05) is 36.4 Å². The molecular weight excluding hydrogens is 280 g/mol. The largest absolute Gasteiger partial charge is 0.399 e. The number of aromatic nitrogens is 1. The average molecular weight is 291 g/mol. The van der Waals surface area contributed by atoms with Crippen molar-refractivity contribution in [2.75, 3.05) is 5.73 Å². The molecule has 1 heterocycles. The molecule has 1 aromatic heterocycles.